The van der Waals surface area contributed by atoms with Gasteiger partial charge in [0.25, 0.3) is 0 Å². The Labute approximate surface area is 109 Å². The monoisotopic (exact) mass is 349 g/mol. The van der Waals surface area contributed by atoms with Gasteiger partial charge in [-0.1, -0.05) is 31.9 Å². The first-order chi connectivity index (χ1) is 7.22. The lowest BCUT2D eigenvalue weighted by Crippen LogP contribution is -1.84. The lowest BCUT2D eigenvalue weighted by molar-refractivity contribution is 0.571. The Kier molecular flexibility index (Phi) is 3.49. The van der Waals surface area contributed by atoms with Crippen molar-refractivity contribution in [3.05, 3.63) is 39.2 Å². The van der Waals surface area contributed by atoms with Gasteiger partial charge in [-0.3, -0.25) is 0 Å². The van der Waals surface area contributed by atoms with Crippen LogP contribution in [0.15, 0.2) is 38.0 Å². The van der Waals surface area contributed by atoms with Gasteiger partial charge >= 0.3 is 0 Å². The summed E-state index contributed by atoms with van der Waals surface area (Å²) >= 11 is 12.6. The Balaban J connectivity index is 2.58. The summed E-state index contributed by atoms with van der Waals surface area (Å²) in [6.45, 7) is 0. The maximum Gasteiger partial charge on any atom is 0.181 e. The van der Waals surface area contributed by atoms with E-state index in [1.807, 2.05) is 18.2 Å². The van der Waals surface area contributed by atoms with Crippen molar-refractivity contribution < 1.29 is 4.42 Å². The van der Waals surface area contributed by atoms with Crippen LogP contribution in [-0.4, -0.2) is 4.98 Å². The van der Waals surface area contributed by atoms with E-state index in [4.69, 9.17) is 16.0 Å². The molecular weight excluding hydrogens is 345 g/mol. The van der Waals surface area contributed by atoms with Gasteiger partial charge in [-0.15, -0.1) is 11.6 Å². The molecular formula is C10H6Br2ClNO. The molecule has 0 aliphatic heterocycles. The average molecular weight is 351 g/mol. The second-order valence-electron chi connectivity index (χ2n) is 2.89. The number of hydrogen-bond donors (Lipinski definition) is 0. The Morgan fingerprint density at radius 3 is 2.87 bits per heavy atom. The van der Waals surface area contributed by atoms with Gasteiger partial charge in [-0.05, 0) is 18.2 Å². The summed E-state index contributed by atoms with van der Waals surface area (Å²) in [5, 5.41) is 0. The summed E-state index contributed by atoms with van der Waals surface area (Å²) in [6.07, 6.45) is 1.40. The van der Waals surface area contributed by atoms with Crippen LogP contribution in [0.4, 0.5) is 0 Å². The lowest BCUT2D eigenvalue weighted by Gasteiger charge is -2.02. The van der Waals surface area contributed by atoms with Crippen molar-refractivity contribution in [2.24, 2.45) is 0 Å². The molecule has 0 fully saturated rings. The first-order valence-electron chi connectivity index (χ1n) is 4.16. The second-order valence-corrected chi connectivity index (χ2v) is 4.92. The van der Waals surface area contributed by atoms with Gasteiger partial charge < -0.3 is 4.42 Å². The molecule has 0 saturated carbocycles. The van der Waals surface area contributed by atoms with Gasteiger partial charge in [-0.25, -0.2) is 4.98 Å². The van der Waals surface area contributed by atoms with E-state index < -0.39 is 0 Å². The minimum absolute atomic E-state index is 0.338. The van der Waals surface area contributed by atoms with Crippen molar-refractivity contribution in [2.45, 2.75) is 5.88 Å². The molecule has 0 saturated heterocycles. The van der Waals surface area contributed by atoms with E-state index in [1.165, 1.54) is 6.39 Å². The molecule has 0 aliphatic carbocycles. The lowest BCUT2D eigenvalue weighted by atomic mass is 10.1. The molecule has 0 bridgehead atoms. The molecule has 2 aromatic rings. The van der Waals surface area contributed by atoms with E-state index in [0.29, 0.717) is 11.6 Å². The minimum Gasteiger partial charge on any atom is -0.443 e. The summed E-state index contributed by atoms with van der Waals surface area (Å²) in [5.41, 5.74) is 1.69. The van der Waals surface area contributed by atoms with Crippen molar-refractivity contribution in [3.8, 4) is 11.3 Å². The van der Waals surface area contributed by atoms with Crippen LogP contribution in [0.5, 0.6) is 0 Å². The smallest absolute Gasteiger partial charge is 0.181 e. The summed E-state index contributed by atoms with van der Waals surface area (Å²) in [4.78, 5) is 4.05. The maximum absolute atomic E-state index is 5.77. The summed E-state index contributed by atoms with van der Waals surface area (Å²) in [7, 11) is 0. The minimum atomic E-state index is 0.338. The molecule has 1 aromatic heterocycles. The third-order valence-electron chi connectivity index (χ3n) is 1.94. The molecule has 0 unspecified atom stereocenters. The Hall–Kier alpha value is -0.320. The molecule has 2 rings (SSSR count). The van der Waals surface area contributed by atoms with Crippen LogP contribution in [-0.2, 0) is 5.88 Å². The van der Waals surface area contributed by atoms with Crippen molar-refractivity contribution in [2.75, 3.05) is 0 Å². The highest BCUT2D eigenvalue weighted by Crippen LogP contribution is 2.33. The molecule has 0 atom stereocenters. The molecule has 0 N–H and O–H groups in total. The summed E-state index contributed by atoms with van der Waals surface area (Å²) < 4.78 is 7.27. The maximum atomic E-state index is 5.77. The van der Waals surface area contributed by atoms with Crippen LogP contribution >= 0.6 is 43.5 Å². The first-order valence-corrected chi connectivity index (χ1v) is 6.28. The van der Waals surface area contributed by atoms with Gasteiger partial charge in [0, 0.05) is 14.5 Å². The number of nitrogens with zero attached hydrogens (tertiary/aromatic N) is 1. The van der Waals surface area contributed by atoms with Crippen LogP contribution in [0, 0.1) is 0 Å². The standard InChI is InChI=1S/C10H6Br2ClNO/c11-6-1-2-8(12)7(3-6)10-9(4-13)14-5-15-10/h1-3,5H,4H2. The molecule has 0 radical (unpaired) electrons. The Bertz CT molecular complexity index is 484. The van der Waals surface area contributed by atoms with Crippen molar-refractivity contribution in [1.29, 1.82) is 0 Å². The van der Waals surface area contributed by atoms with Gasteiger partial charge in [0.15, 0.2) is 12.2 Å². The predicted molar refractivity (Wildman–Crippen MR) is 66.9 cm³/mol. The van der Waals surface area contributed by atoms with E-state index in [2.05, 4.69) is 36.8 Å². The van der Waals surface area contributed by atoms with Crippen LogP contribution < -0.4 is 0 Å². The number of alkyl halides is 1. The van der Waals surface area contributed by atoms with E-state index in [0.717, 1.165) is 20.2 Å². The first kappa shape index (κ1) is 11.2. The highest BCUT2D eigenvalue weighted by molar-refractivity contribution is 9.11. The second kappa shape index (κ2) is 4.68. The Morgan fingerprint density at radius 1 is 1.33 bits per heavy atom. The predicted octanol–water partition coefficient (Wildman–Crippen LogP) is 4.61. The molecule has 0 aliphatic rings. The third kappa shape index (κ3) is 2.27. The third-order valence-corrected chi connectivity index (χ3v) is 3.38. The quantitative estimate of drug-likeness (QED) is 0.739. The SMILES string of the molecule is ClCc1ncoc1-c1cc(Br)ccc1Br. The fourth-order valence-corrected chi connectivity index (χ4v) is 2.23. The molecule has 1 aromatic carbocycles. The van der Waals surface area contributed by atoms with Crippen LogP contribution in [0.2, 0.25) is 0 Å². The van der Waals surface area contributed by atoms with Crippen LogP contribution in [0.3, 0.4) is 0 Å². The number of benzene rings is 1. The molecule has 78 valence electrons. The fraction of sp³-hybridized carbons (Fsp3) is 0.100. The number of hydrogen-bond acceptors (Lipinski definition) is 2. The summed E-state index contributed by atoms with van der Waals surface area (Å²) in [6, 6.07) is 5.85. The van der Waals surface area contributed by atoms with Crippen molar-refractivity contribution in [1.82, 2.24) is 4.98 Å². The number of oxazole rings is 1. The van der Waals surface area contributed by atoms with Gasteiger partial charge in [0.05, 0.1) is 5.88 Å². The molecule has 5 heteroatoms. The van der Waals surface area contributed by atoms with Crippen molar-refractivity contribution >= 4 is 43.5 Å². The zero-order valence-corrected chi connectivity index (χ0v) is 11.4. The highest BCUT2D eigenvalue weighted by atomic mass is 79.9. The molecule has 1 heterocycles. The molecule has 15 heavy (non-hydrogen) atoms. The zero-order valence-electron chi connectivity index (χ0n) is 7.51. The highest BCUT2D eigenvalue weighted by Gasteiger charge is 2.13. The van der Waals surface area contributed by atoms with E-state index in [1.54, 1.807) is 0 Å². The zero-order chi connectivity index (χ0) is 10.8. The molecule has 2 nitrogen and oxygen atoms in total. The summed E-state index contributed by atoms with van der Waals surface area (Å²) in [5.74, 6) is 1.04. The van der Waals surface area contributed by atoms with Crippen molar-refractivity contribution in [3.63, 3.8) is 0 Å². The number of aromatic nitrogens is 1. The van der Waals surface area contributed by atoms with E-state index >= 15 is 0 Å². The number of halogens is 3. The van der Waals surface area contributed by atoms with Crippen LogP contribution in [0.1, 0.15) is 5.69 Å². The van der Waals surface area contributed by atoms with Gasteiger partial charge in [0.2, 0.25) is 0 Å². The largest absolute Gasteiger partial charge is 0.443 e. The fourth-order valence-electron chi connectivity index (χ4n) is 1.25. The number of rotatable bonds is 2. The van der Waals surface area contributed by atoms with E-state index in [9.17, 15) is 0 Å². The van der Waals surface area contributed by atoms with Crippen LogP contribution in [0.25, 0.3) is 11.3 Å². The average Bonchev–Trinajstić information content (AvgIpc) is 2.69. The van der Waals surface area contributed by atoms with Gasteiger partial charge in [-0.2, -0.15) is 0 Å². The van der Waals surface area contributed by atoms with E-state index in [-0.39, 0.29) is 0 Å². The van der Waals surface area contributed by atoms with Gasteiger partial charge in [0.1, 0.15) is 5.69 Å². The molecule has 0 spiro atoms. The molecule has 0 amide bonds. The normalized spacial score (nSPS) is 10.6. The topological polar surface area (TPSA) is 26.0 Å². The Morgan fingerprint density at radius 2 is 2.13 bits per heavy atom.